The van der Waals surface area contributed by atoms with E-state index in [1.807, 2.05) is 12.2 Å². The fraction of sp³-hybridized carbons (Fsp3) is 0.600. The van der Waals surface area contributed by atoms with Crippen LogP contribution in [0, 0.1) is 11.8 Å². The molecule has 1 saturated carbocycles. The van der Waals surface area contributed by atoms with Gasteiger partial charge in [0.05, 0.1) is 0 Å². The Morgan fingerprint density at radius 1 is 1.25 bits per heavy atom. The van der Waals surface area contributed by atoms with Gasteiger partial charge in [-0.05, 0) is 12.8 Å². The Kier molecular flexibility index (Phi) is 1.81. The molecule has 3 atom stereocenters. The number of hydrogen-bond acceptors (Lipinski definition) is 1. The zero-order chi connectivity index (χ0) is 8.77. The predicted octanol–water partition coefficient (Wildman–Crippen LogP) is 2.72. The minimum Gasteiger partial charge on any atom is -0.348 e. The van der Waals surface area contributed by atoms with E-state index in [1.54, 1.807) is 0 Å². The van der Waals surface area contributed by atoms with Crippen LogP contribution in [-0.4, -0.2) is 11.2 Å². The second-order valence-electron chi connectivity index (χ2n) is 3.55. The Balaban J connectivity index is 2.24. The molecule has 0 aromatic rings. The molecular weight excluding hydrogens is 172 g/mol. The average molecular weight is 185 g/mol. The van der Waals surface area contributed by atoms with Gasteiger partial charge in [0.25, 0.3) is 0 Å². The second kappa shape index (κ2) is 2.61. The number of halogens is 1. The maximum atomic E-state index is 5.98. The van der Waals surface area contributed by atoms with E-state index in [4.69, 9.17) is 16.3 Å². The first-order valence-corrected chi connectivity index (χ1v) is 4.76. The van der Waals surface area contributed by atoms with Gasteiger partial charge in [-0.1, -0.05) is 23.8 Å². The zero-order valence-corrected chi connectivity index (χ0v) is 7.76. The van der Waals surface area contributed by atoms with Crippen molar-refractivity contribution in [2.75, 3.05) is 0 Å². The summed E-state index contributed by atoms with van der Waals surface area (Å²) in [5.74, 6) is 0.839. The summed E-state index contributed by atoms with van der Waals surface area (Å²) >= 11 is 5.98. The van der Waals surface area contributed by atoms with Crippen LogP contribution >= 0.6 is 11.6 Å². The monoisotopic (exact) mass is 184 g/mol. The van der Waals surface area contributed by atoms with Crippen molar-refractivity contribution < 1.29 is 4.74 Å². The van der Waals surface area contributed by atoms with E-state index in [-0.39, 0.29) is 11.2 Å². The van der Waals surface area contributed by atoms with E-state index in [0.717, 1.165) is 12.8 Å². The van der Waals surface area contributed by atoms with E-state index in [9.17, 15) is 0 Å². The minimum absolute atomic E-state index is 0.119. The van der Waals surface area contributed by atoms with Crippen molar-refractivity contribution in [1.82, 2.24) is 0 Å². The molecule has 1 saturated heterocycles. The SMILES string of the molecule is C=C[C@@H]1CC[C@@H](C=C)C12OC2Cl. The van der Waals surface area contributed by atoms with Gasteiger partial charge >= 0.3 is 0 Å². The third kappa shape index (κ3) is 0.839. The van der Waals surface area contributed by atoms with Crippen molar-refractivity contribution in [2.24, 2.45) is 11.8 Å². The lowest BCUT2D eigenvalue weighted by atomic mass is 9.90. The van der Waals surface area contributed by atoms with Crippen LogP contribution in [0.1, 0.15) is 12.8 Å². The highest BCUT2D eigenvalue weighted by Crippen LogP contribution is 2.59. The van der Waals surface area contributed by atoms with Crippen LogP contribution in [0.4, 0.5) is 0 Å². The van der Waals surface area contributed by atoms with Gasteiger partial charge in [-0.2, -0.15) is 0 Å². The van der Waals surface area contributed by atoms with E-state index in [1.165, 1.54) is 0 Å². The third-order valence-corrected chi connectivity index (χ3v) is 3.55. The quantitative estimate of drug-likeness (QED) is 0.365. The smallest absolute Gasteiger partial charge is 0.162 e. The van der Waals surface area contributed by atoms with Crippen LogP contribution in [0.5, 0.6) is 0 Å². The highest BCUT2D eigenvalue weighted by molar-refractivity contribution is 6.22. The molecule has 0 aromatic carbocycles. The van der Waals surface area contributed by atoms with Crippen LogP contribution in [-0.2, 0) is 4.74 Å². The number of alkyl halides is 1. The molecule has 1 aliphatic carbocycles. The summed E-state index contributed by atoms with van der Waals surface area (Å²) in [6.45, 7) is 7.62. The van der Waals surface area contributed by atoms with Crippen molar-refractivity contribution in [1.29, 1.82) is 0 Å². The molecule has 1 spiro atoms. The van der Waals surface area contributed by atoms with Gasteiger partial charge in [0, 0.05) is 11.8 Å². The minimum atomic E-state index is -0.134. The molecule has 0 radical (unpaired) electrons. The molecule has 2 heteroatoms. The Morgan fingerprint density at radius 2 is 1.67 bits per heavy atom. The predicted molar refractivity (Wildman–Crippen MR) is 50.1 cm³/mol. The number of hydrogen-bond donors (Lipinski definition) is 0. The van der Waals surface area contributed by atoms with Gasteiger partial charge in [0.2, 0.25) is 0 Å². The van der Waals surface area contributed by atoms with Crippen LogP contribution in [0.2, 0.25) is 0 Å². The van der Waals surface area contributed by atoms with E-state index in [0.29, 0.717) is 11.8 Å². The fourth-order valence-corrected chi connectivity index (χ4v) is 2.82. The summed E-state index contributed by atoms with van der Waals surface area (Å²) in [6.07, 6.45) is 6.19. The van der Waals surface area contributed by atoms with Gasteiger partial charge < -0.3 is 4.74 Å². The number of ether oxygens (including phenoxy) is 1. The summed E-state index contributed by atoms with van der Waals surface area (Å²) in [4.78, 5) is 0. The Labute approximate surface area is 78.0 Å². The van der Waals surface area contributed by atoms with Crippen molar-refractivity contribution in [3.05, 3.63) is 25.3 Å². The van der Waals surface area contributed by atoms with E-state index >= 15 is 0 Å². The largest absolute Gasteiger partial charge is 0.348 e. The van der Waals surface area contributed by atoms with Crippen LogP contribution in [0.15, 0.2) is 25.3 Å². The second-order valence-corrected chi connectivity index (χ2v) is 3.95. The maximum Gasteiger partial charge on any atom is 0.162 e. The van der Waals surface area contributed by atoms with Gasteiger partial charge in [-0.25, -0.2) is 0 Å². The van der Waals surface area contributed by atoms with E-state index < -0.39 is 0 Å². The lowest BCUT2D eigenvalue weighted by Crippen LogP contribution is -2.24. The topological polar surface area (TPSA) is 12.5 Å². The highest BCUT2D eigenvalue weighted by Gasteiger charge is 2.66. The Hall–Kier alpha value is -0.270. The first-order valence-electron chi connectivity index (χ1n) is 4.32. The lowest BCUT2D eigenvalue weighted by molar-refractivity contribution is 0.241. The van der Waals surface area contributed by atoms with Crippen LogP contribution in [0.3, 0.4) is 0 Å². The molecule has 0 bridgehead atoms. The third-order valence-electron chi connectivity index (χ3n) is 3.12. The number of epoxide rings is 1. The van der Waals surface area contributed by atoms with Crippen LogP contribution < -0.4 is 0 Å². The van der Waals surface area contributed by atoms with Crippen molar-refractivity contribution in [2.45, 2.75) is 24.0 Å². The Bertz CT molecular complexity index is 208. The first kappa shape index (κ1) is 8.33. The van der Waals surface area contributed by atoms with Gasteiger partial charge in [-0.3, -0.25) is 0 Å². The highest BCUT2D eigenvalue weighted by atomic mass is 35.5. The summed E-state index contributed by atoms with van der Waals surface area (Å²) in [5.41, 5.74) is -0.253. The summed E-state index contributed by atoms with van der Waals surface area (Å²) in [7, 11) is 0. The van der Waals surface area contributed by atoms with Crippen molar-refractivity contribution in [3.63, 3.8) is 0 Å². The molecule has 2 rings (SSSR count). The fourth-order valence-electron chi connectivity index (χ4n) is 2.35. The molecular formula is C10H13ClO. The molecule has 1 heterocycles. The number of rotatable bonds is 2. The molecule has 2 fully saturated rings. The molecule has 2 aliphatic rings. The van der Waals surface area contributed by atoms with E-state index in [2.05, 4.69) is 13.2 Å². The molecule has 1 unspecified atom stereocenters. The maximum absolute atomic E-state index is 5.98. The first-order chi connectivity index (χ1) is 5.75. The molecule has 0 N–H and O–H groups in total. The van der Waals surface area contributed by atoms with Gasteiger partial charge in [-0.15, -0.1) is 13.2 Å². The standard InChI is InChI=1S/C10H13ClO/c1-3-7-5-6-8(4-2)10(7)9(11)12-10/h3-4,7-9H,1-2,5-6H2/t7-,8-,9?/m1/s1. The zero-order valence-electron chi connectivity index (χ0n) is 7.00. The molecule has 0 amide bonds. The van der Waals surface area contributed by atoms with Crippen molar-refractivity contribution >= 4 is 11.6 Å². The normalized spacial score (nSPS) is 42.9. The lowest BCUT2D eigenvalue weighted by Gasteiger charge is -2.15. The van der Waals surface area contributed by atoms with Gasteiger partial charge in [0.15, 0.2) is 5.56 Å². The summed E-state index contributed by atoms with van der Waals surface area (Å²) in [5, 5.41) is 0. The summed E-state index contributed by atoms with van der Waals surface area (Å²) in [6, 6.07) is 0. The van der Waals surface area contributed by atoms with Crippen LogP contribution in [0.25, 0.3) is 0 Å². The molecule has 66 valence electrons. The molecule has 0 aromatic heterocycles. The summed E-state index contributed by atoms with van der Waals surface area (Å²) < 4.78 is 5.50. The molecule has 1 aliphatic heterocycles. The average Bonchev–Trinajstić information content (AvgIpc) is 2.62. The Morgan fingerprint density at radius 3 is 1.92 bits per heavy atom. The van der Waals surface area contributed by atoms with Gasteiger partial charge in [0.1, 0.15) is 5.60 Å². The van der Waals surface area contributed by atoms with Crippen molar-refractivity contribution in [3.8, 4) is 0 Å². The molecule has 12 heavy (non-hydrogen) atoms. The molecule has 1 nitrogen and oxygen atoms in total.